The van der Waals surface area contributed by atoms with E-state index in [0.717, 1.165) is 17.7 Å². The van der Waals surface area contributed by atoms with Gasteiger partial charge in [0.25, 0.3) is 5.91 Å². The number of benzene rings is 2. The van der Waals surface area contributed by atoms with Crippen LogP contribution in [0, 0.1) is 11.6 Å². The third-order valence-electron chi connectivity index (χ3n) is 4.10. The van der Waals surface area contributed by atoms with E-state index in [-0.39, 0.29) is 18.1 Å². The first kappa shape index (κ1) is 20.1. The lowest BCUT2D eigenvalue weighted by molar-refractivity contribution is 0.0946. The number of pyridine rings is 1. The molecule has 0 aliphatic heterocycles. The van der Waals surface area contributed by atoms with Gasteiger partial charge >= 0.3 is 0 Å². The molecule has 0 saturated carbocycles. The third kappa shape index (κ3) is 4.98. The number of aromatic nitrogens is 1. The SMILES string of the molecule is COc1ccc(CNC(=O)c2cc(Nc3ccc(F)c(F)c3)ccn2)cc1OC. The van der Waals surface area contributed by atoms with Gasteiger partial charge in [-0.15, -0.1) is 0 Å². The van der Waals surface area contributed by atoms with Crippen molar-refractivity contribution >= 4 is 17.3 Å². The standard InChI is InChI=1S/C21H19F2N3O3/c1-28-19-6-3-13(9-20(19)29-2)12-25-21(27)18-11-15(7-8-24-18)26-14-4-5-16(22)17(23)10-14/h3-11H,12H2,1-2H3,(H,24,26)(H,25,27). The second-order valence-corrected chi connectivity index (χ2v) is 6.06. The first-order chi connectivity index (χ1) is 14.0. The number of ether oxygens (including phenoxy) is 2. The third-order valence-corrected chi connectivity index (χ3v) is 4.10. The maximum Gasteiger partial charge on any atom is 0.270 e. The van der Waals surface area contributed by atoms with Crippen molar-refractivity contribution in [1.29, 1.82) is 0 Å². The number of carbonyl (C=O) groups excluding carboxylic acids is 1. The van der Waals surface area contributed by atoms with Crippen LogP contribution < -0.4 is 20.1 Å². The van der Waals surface area contributed by atoms with Gasteiger partial charge in [0.05, 0.1) is 14.2 Å². The van der Waals surface area contributed by atoms with Crippen molar-refractivity contribution in [2.45, 2.75) is 6.54 Å². The van der Waals surface area contributed by atoms with Crippen molar-refractivity contribution in [2.24, 2.45) is 0 Å². The van der Waals surface area contributed by atoms with Crippen LogP contribution in [0.2, 0.25) is 0 Å². The smallest absolute Gasteiger partial charge is 0.270 e. The Balaban J connectivity index is 1.67. The first-order valence-corrected chi connectivity index (χ1v) is 8.67. The molecule has 2 N–H and O–H groups in total. The topological polar surface area (TPSA) is 72.5 Å². The van der Waals surface area contributed by atoms with Crippen LogP contribution in [0.5, 0.6) is 11.5 Å². The molecule has 0 radical (unpaired) electrons. The largest absolute Gasteiger partial charge is 0.493 e. The summed E-state index contributed by atoms with van der Waals surface area (Å²) in [6.45, 7) is 0.266. The molecular formula is C21H19F2N3O3. The number of nitrogens with zero attached hydrogens (tertiary/aromatic N) is 1. The summed E-state index contributed by atoms with van der Waals surface area (Å²) in [6.07, 6.45) is 1.45. The highest BCUT2D eigenvalue weighted by molar-refractivity contribution is 5.93. The lowest BCUT2D eigenvalue weighted by Gasteiger charge is -2.11. The Morgan fingerprint density at radius 3 is 2.41 bits per heavy atom. The Labute approximate surface area is 166 Å². The monoisotopic (exact) mass is 399 g/mol. The van der Waals surface area contributed by atoms with Gasteiger partial charge in [-0.05, 0) is 42.0 Å². The number of amides is 1. The molecule has 0 fully saturated rings. The average molecular weight is 399 g/mol. The molecule has 150 valence electrons. The molecule has 0 spiro atoms. The minimum atomic E-state index is -0.961. The van der Waals surface area contributed by atoms with Crippen LogP contribution in [-0.2, 0) is 6.54 Å². The number of halogens is 2. The van der Waals surface area contributed by atoms with Crippen LogP contribution in [0.3, 0.4) is 0 Å². The van der Waals surface area contributed by atoms with E-state index in [9.17, 15) is 13.6 Å². The summed E-state index contributed by atoms with van der Waals surface area (Å²) in [7, 11) is 3.09. The molecule has 2 aromatic carbocycles. The number of carbonyl (C=O) groups is 1. The number of nitrogens with one attached hydrogen (secondary N) is 2. The van der Waals surface area contributed by atoms with Crippen LogP contribution in [0.15, 0.2) is 54.7 Å². The molecule has 0 aliphatic carbocycles. The summed E-state index contributed by atoms with van der Waals surface area (Å²) in [5.74, 6) is -1.11. The van der Waals surface area contributed by atoms with E-state index >= 15 is 0 Å². The van der Waals surface area contributed by atoms with E-state index in [4.69, 9.17) is 9.47 Å². The molecule has 29 heavy (non-hydrogen) atoms. The van der Waals surface area contributed by atoms with Crippen LogP contribution in [0.4, 0.5) is 20.2 Å². The zero-order valence-electron chi connectivity index (χ0n) is 15.8. The molecule has 0 aliphatic rings. The minimum Gasteiger partial charge on any atom is -0.493 e. The highest BCUT2D eigenvalue weighted by atomic mass is 19.2. The van der Waals surface area contributed by atoms with Gasteiger partial charge in [-0.1, -0.05) is 6.07 Å². The Bertz CT molecular complexity index is 1030. The lowest BCUT2D eigenvalue weighted by Crippen LogP contribution is -2.23. The lowest BCUT2D eigenvalue weighted by atomic mass is 10.2. The summed E-state index contributed by atoms with van der Waals surface area (Å²) >= 11 is 0. The van der Waals surface area contributed by atoms with E-state index in [1.807, 2.05) is 6.07 Å². The predicted molar refractivity (Wildman–Crippen MR) is 105 cm³/mol. The van der Waals surface area contributed by atoms with Crippen molar-refractivity contribution in [1.82, 2.24) is 10.3 Å². The van der Waals surface area contributed by atoms with Crippen molar-refractivity contribution in [3.05, 3.63) is 77.6 Å². The Morgan fingerprint density at radius 1 is 0.931 bits per heavy atom. The number of hydrogen-bond donors (Lipinski definition) is 2. The fraction of sp³-hybridized carbons (Fsp3) is 0.143. The number of hydrogen-bond acceptors (Lipinski definition) is 5. The van der Waals surface area contributed by atoms with E-state index in [1.165, 1.54) is 25.4 Å². The van der Waals surface area contributed by atoms with Crippen LogP contribution in [-0.4, -0.2) is 25.1 Å². The maximum absolute atomic E-state index is 13.3. The van der Waals surface area contributed by atoms with Gasteiger partial charge in [-0.2, -0.15) is 0 Å². The summed E-state index contributed by atoms with van der Waals surface area (Å²) in [6, 6.07) is 11.9. The van der Waals surface area contributed by atoms with Gasteiger partial charge in [0.2, 0.25) is 0 Å². The molecule has 1 heterocycles. The Morgan fingerprint density at radius 2 is 1.69 bits per heavy atom. The molecule has 0 bridgehead atoms. The van der Waals surface area contributed by atoms with E-state index < -0.39 is 11.6 Å². The van der Waals surface area contributed by atoms with Crippen LogP contribution in [0.1, 0.15) is 16.1 Å². The van der Waals surface area contributed by atoms with Gasteiger partial charge in [0.15, 0.2) is 23.1 Å². The molecule has 1 aromatic heterocycles. The molecule has 8 heteroatoms. The molecule has 0 unspecified atom stereocenters. The summed E-state index contributed by atoms with van der Waals surface area (Å²) in [5.41, 5.74) is 1.87. The van der Waals surface area contributed by atoms with Gasteiger partial charge in [0.1, 0.15) is 5.69 Å². The fourth-order valence-corrected chi connectivity index (χ4v) is 2.64. The highest BCUT2D eigenvalue weighted by Crippen LogP contribution is 2.27. The van der Waals surface area contributed by atoms with Crippen LogP contribution >= 0.6 is 0 Å². The summed E-state index contributed by atoms with van der Waals surface area (Å²) in [5, 5.41) is 5.69. The van der Waals surface area contributed by atoms with Gasteiger partial charge in [-0.25, -0.2) is 8.78 Å². The van der Waals surface area contributed by atoms with E-state index in [2.05, 4.69) is 15.6 Å². The second kappa shape index (κ2) is 9.01. The Hall–Kier alpha value is -3.68. The number of anilines is 2. The van der Waals surface area contributed by atoms with Crippen molar-refractivity contribution in [3.8, 4) is 11.5 Å². The fourth-order valence-electron chi connectivity index (χ4n) is 2.64. The number of rotatable bonds is 7. The second-order valence-electron chi connectivity index (χ2n) is 6.06. The van der Waals surface area contributed by atoms with Gasteiger partial charge < -0.3 is 20.1 Å². The zero-order valence-corrected chi connectivity index (χ0v) is 15.8. The molecule has 0 atom stereocenters. The van der Waals surface area contributed by atoms with Gasteiger partial charge in [0, 0.05) is 30.2 Å². The van der Waals surface area contributed by atoms with Crippen molar-refractivity contribution in [3.63, 3.8) is 0 Å². The molecule has 3 aromatic rings. The molecule has 1 amide bonds. The average Bonchev–Trinajstić information content (AvgIpc) is 2.74. The molecule has 3 rings (SSSR count). The highest BCUT2D eigenvalue weighted by Gasteiger charge is 2.10. The minimum absolute atomic E-state index is 0.179. The maximum atomic E-state index is 13.3. The quantitative estimate of drug-likeness (QED) is 0.627. The number of methoxy groups -OCH3 is 2. The summed E-state index contributed by atoms with van der Waals surface area (Å²) in [4.78, 5) is 16.5. The zero-order chi connectivity index (χ0) is 20.8. The van der Waals surface area contributed by atoms with E-state index in [0.29, 0.717) is 22.9 Å². The van der Waals surface area contributed by atoms with Gasteiger partial charge in [-0.3, -0.25) is 9.78 Å². The normalized spacial score (nSPS) is 10.3. The summed E-state index contributed by atoms with van der Waals surface area (Å²) < 4.78 is 36.8. The predicted octanol–water partition coefficient (Wildman–Crippen LogP) is 4.05. The first-order valence-electron chi connectivity index (χ1n) is 8.67. The van der Waals surface area contributed by atoms with Crippen molar-refractivity contribution in [2.75, 3.05) is 19.5 Å². The molecule has 6 nitrogen and oxygen atoms in total. The molecule has 0 saturated heterocycles. The van der Waals surface area contributed by atoms with E-state index in [1.54, 1.807) is 25.3 Å². The van der Waals surface area contributed by atoms with Crippen LogP contribution in [0.25, 0.3) is 0 Å². The molecular weight excluding hydrogens is 380 g/mol. The van der Waals surface area contributed by atoms with Crippen molar-refractivity contribution < 1.29 is 23.0 Å². The Kier molecular flexibility index (Phi) is 6.23.